The Hall–Kier alpha value is -4.96. The molecule has 5 aromatic carbocycles. The van der Waals surface area contributed by atoms with Crippen molar-refractivity contribution in [1.82, 2.24) is 0 Å². The van der Waals surface area contributed by atoms with Gasteiger partial charge >= 0.3 is 11.3 Å². The average Bonchev–Trinajstić information content (AvgIpc) is 2.92. The van der Waals surface area contributed by atoms with Crippen molar-refractivity contribution < 1.29 is 8.83 Å². The highest BCUT2D eigenvalue weighted by molar-refractivity contribution is 6.05. The standard InChI is InChI=1S/C32H18O4/c33-31-27(17-23-14-12-19-6-1-3-10-25(19)29(23)35-31)21-8-5-9-22(16-21)28-18-24-15-13-20-7-2-4-11-26(20)30(24)36-32(28)34/h1-18H. The lowest BCUT2D eigenvalue weighted by atomic mass is 9.98. The summed E-state index contributed by atoms with van der Waals surface area (Å²) in [5.41, 5.74) is 2.53. The van der Waals surface area contributed by atoms with E-state index in [1.807, 2.05) is 109 Å². The Balaban J connectivity index is 1.39. The first-order valence-corrected chi connectivity index (χ1v) is 11.7. The average molecular weight is 466 g/mol. The highest BCUT2D eigenvalue weighted by Crippen LogP contribution is 2.31. The number of benzene rings is 5. The molecular formula is C32H18O4. The van der Waals surface area contributed by atoms with Gasteiger partial charge in [0.25, 0.3) is 0 Å². The van der Waals surface area contributed by atoms with Crippen LogP contribution in [0.15, 0.2) is 128 Å². The molecule has 0 amide bonds. The Labute approximate surface area is 204 Å². The Morgan fingerprint density at radius 1 is 0.417 bits per heavy atom. The molecule has 7 aromatic rings. The Bertz CT molecular complexity index is 1950. The van der Waals surface area contributed by atoms with E-state index in [0.29, 0.717) is 33.4 Å². The first-order chi connectivity index (χ1) is 17.7. The molecule has 170 valence electrons. The molecule has 0 spiro atoms. The first kappa shape index (κ1) is 20.4. The molecule has 7 rings (SSSR count). The third kappa shape index (κ3) is 3.16. The van der Waals surface area contributed by atoms with Gasteiger partial charge in [0.2, 0.25) is 0 Å². The van der Waals surface area contributed by atoms with Gasteiger partial charge in [0, 0.05) is 21.5 Å². The van der Waals surface area contributed by atoms with Gasteiger partial charge in [0.05, 0.1) is 11.1 Å². The third-order valence-corrected chi connectivity index (χ3v) is 6.73. The zero-order valence-electron chi connectivity index (χ0n) is 19.0. The lowest BCUT2D eigenvalue weighted by Gasteiger charge is -2.08. The maximum atomic E-state index is 13.0. The molecule has 0 N–H and O–H groups in total. The normalized spacial score (nSPS) is 11.6. The van der Waals surface area contributed by atoms with Crippen LogP contribution in [0.1, 0.15) is 0 Å². The summed E-state index contributed by atoms with van der Waals surface area (Å²) in [6, 6.07) is 34.6. The van der Waals surface area contributed by atoms with Gasteiger partial charge in [-0.15, -0.1) is 0 Å². The molecule has 0 bridgehead atoms. The highest BCUT2D eigenvalue weighted by Gasteiger charge is 2.14. The van der Waals surface area contributed by atoms with Gasteiger partial charge in [-0.25, -0.2) is 9.59 Å². The van der Waals surface area contributed by atoms with Gasteiger partial charge in [0.15, 0.2) is 0 Å². The fourth-order valence-electron chi connectivity index (χ4n) is 4.96. The molecule has 0 saturated heterocycles. The minimum atomic E-state index is -0.423. The summed E-state index contributed by atoms with van der Waals surface area (Å²) in [6.45, 7) is 0. The lowest BCUT2D eigenvalue weighted by molar-refractivity contribution is 0.566. The molecule has 0 fully saturated rings. The maximum Gasteiger partial charge on any atom is 0.344 e. The van der Waals surface area contributed by atoms with Crippen molar-refractivity contribution in [1.29, 1.82) is 0 Å². The second-order valence-electron chi connectivity index (χ2n) is 8.89. The monoisotopic (exact) mass is 466 g/mol. The summed E-state index contributed by atoms with van der Waals surface area (Å²) in [4.78, 5) is 26.1. The van der Waals surface area contributed by atoms with Crippen molar-refractivity contribution in [3.05, 3.63) is 130 Å². The van der Waals surface area contributed by atoms with E-state index in [9.17, 15) is 9.59 Å². The van der Waals surface area contributed by atoms with E-state index in [1.165, 1.54) is 0 Å². The number of hydrogen-bond donors (Lipinski definition) is 0. The molecule has 0 saturated carbocycles. The molecular weight excluding hydrogens is 448 g/mol. The van der Waals surface area contributed by atoms with Crippen molar-refractivity contribution in [2.75, 3.05) is 0 Å². The van der Waals surface area contributed by atoms with Crippen molar-refractivity contribution in [2.45, 2.75) is 0 Å². The molecule has 0 unspecified atom stereocenters. The van der Waals surface area contributed by atoms with Gasteiger partial charge in [-0.05, 0) is 40.1 Å². The predicted octanol–water partition coefficient (Wildman–Crippen LogP) is 7.54. The summed E-state index contributed by atoms with van der Waals surface area (Å²) in [5.74, 6) is 0. The highest BCUT2D eigenvalue weighted by atomic mass is 16.4. The van der Waals surface area contributed by atoms with E-state index < -0.39 is 11.3 Å². The van der Waals surface area contributed by atoms with Gasteiger partial charge in [-0.3, -0.25) is 0 Å². The zero-order valence-corrected chi connectivity index (χ0v) is 19.0. The van der Waals surface area contributed by atoms with Crippen LogP contribution in [-0.2, 0) is 0 Å². The summed E-state index contributed by atoms with van der Waals surface area (Å²) < 4.78 is 11.6. The smallest absolute Gasteiger partial charge is 0.344 e. The zero-order chi connectivity index (χ0) is 24.2. The molecule has 36 heavy (non-hydrogen) atoms. The Morgan fingerprint density at radius 2 is 0.861 bits per heavy atom. The van der Waals surface area contributed by atoms with Crippen LogP contribution < -0.4 is 11.3 Å². The van der Waals surface area contributed by atoms with Crippen LogP contribution in [0.2, 0.25) is 0 Å². The van der Waals surface area contributed by atoms with Crippen LogP contribution in [0, 0.1) is 0 Å². The van der Waals surface area contributed by atoms with E-state index in [0.717, 1.165) is 32.3 Å². The third-order valence-electron chi connectivity index (χ3n) is 6.73. The van der Waals surface area contributed by atoms with Gasteiger partial charge in [-0.1, -0.05) is 91.0 Å². The topological polar surface area (TPSA) is 60.4 Å². The number of rotatable bonds is 2. The van der Waals surface area contributed by atoms with Crippen LogP contribution in [0.25, 0.3) is 65.7 Å². The van der Waals surface area contributed by atoms with E-state index in [2.05, 4.69) is 0 Å². The van der Waals surface area contributed by atoms with E-state index >= 15 is 0 Å². The predicted molar refractivity (Wildman–Crippen MR) is 144 cm³/mol. The fraction of sp³-hybridized carbons (Fsp3) is 0. The van der Waals surface area contributed by atoms with Crippen LogP contribution in [0.4, 0.5) is 0 Å². The van der Waals surface area contributed by atoms with Crippen LogP contribution in [-0.4, -0.2) is 0 Å². The molecule has 4 heteroatoms. The second kappa shape index (κ2) is 7.79. The van der Waals surface area contributed by atoms with E-state index in [1.54, 1.807) is 0 Å². The SMILES string of the molecule is O=c1oc2c(ccc3ccccc32)cc1-c1cccc(-c2cc3ccc4ccccc4c3oc2=O)c1. The maximum absolute atomic E-state index is 13.0. The minimum absolute atomic E-state index is 0.423. The quantitative estimate of drug-likeness (QED) is 0.195. The molecule has 4 nitrogen and oxygen atoms in total. The Morgan fingerprint density at radius 3 is 1.36 bits per heavy atom. The Kier molecular flexibility index (Phi) is 4.42. The second-order valence-corrected chi connectivity index (χ2v) is 8.89. The minimum Gasteiger partial charge on any atom is -0.422 e. The van der Waals surface area contributed by atoms with Gasteiger partial charge in [-0.2, -0.15) is 0 Å². The van der Waals surface area contributed by atoms with E-state index in [-0.39, 0.29) is 0 Å². The van der Waals surface area contributed by atoms with E-state index in [4.69, 9.17) is 8.83 Å². The molecule has 2 heterocycles. The van der Waals surface area contributed by atoms with Gasteiger partial charge < -0.3 is 8.83 Å². The molecule has 0 aliphatic heterocycles. The molecule has 2 aromatic heterocycles. The molecule has 0 aliphatic carbocycles. The van der Waals surface area contributed by atoms with Crippen molar-refractivity contribution in [3.8, 4) is 22.3 Å². The van der Waals surface area contributed by atoms with Crippen LogP contribution in [0.5, 0.6) is 0 Å². The summed E-state index contributed by atoms with van der Waals surface area (Å²) >= 11 is 0. The lowest BCUT2D eigenvalue weighted by Crippen LogP contribution is -2.05. The first-order valence-electron chi connectivity index (χ1n) is 11.7. The molecule has 0 aliphatic rings. The van der Waals surface area contributed by atoms with Crippen molar-refractivity contribution in [3.63, 3.8) is 0 Å². The summed E-state index contributed by atoms with van der Waals surface area (Å²) in [5, 5.41) is 5.50. The van der Waals surface area contributed by atoms with Crippen LogP contribution in [0.3, 0.4) is 0 Å². The van der Waals surface area contributed by atoms with Crippen LogP contribution >= 0.6 is 0 Å². The summed E-state index contributed by atoms with van der Waals surface area (Å²) in [6.07, 6.45) is 0. The molecule has 0 radical (unpaired) electrons. The van der Waals surface area contributed by atoms with Gasteiger partial charge in [0.1, 0.15) is 11.2 Å². The van der Waals surface area contributed by atoms with Crippen molar-refractivity contribution >= 4 is 43.5 Å². The molecule has 0 atom stereocenters. The summed E-state index contributed by atoms with van der Waals surface area (Å²) in [7, 11) is 0. The number of hydrogen-bond acceptors (Lipinski definition) is 4. The fourth-order valence-corrected chi connectivity index (χ4v) is 4.96. The van der Waals surface area contributed by atoms with Crippen molar-refractivity contribution in [2.24, 2.45) is 0 Å². The largest absolute Gasteiger partial charge is 0.422 e. The number of fused-ring (bicyclic) bond motifs is 6.